The molecule has 22 heavy (non-hydrogen) atoms. The Kier molecular flexibility index (Phi) is 4.49. The summed E-state index contributed by atoms with van der Waals surface area (Å²) in [6, 6.07) is 17.9. The van der Waals surface area contributed by atoms with E-state index in [1.54, 1.807) is 0 Å². The molecule has 0 fully saturated rings. The van der Waals surface area contributed by atoms with Crippen LogP contribution in [-0.2, 0) is 12.8 Å². The van der Waals surface area contributed by atoms with Crippen molar-refractivity contribution >= 4 is 0 Å². The molecule has 2 aromatic carbocycles. The molecule has 1 heterocycles. The van der Waals surface area contributed by atoms with Gasteiger partial charge in [0.05, 0.1) is 13.0 Å². The van der Waals surface area contributed by atoms with Crippen LogP contribution in [0.2, 0.25) is 0 Å². The van der Waals surface area contributed by atoms with Gasteiger partial charge >= 0.3 is 0 Å². The van der Waals surface area contributed by atoms with E-state index in [1.807, 2.05) is 42.5 Å². The molecule has 4 nitrogen and oxygen atoms in total. The van der Waals surface area contributed by atoms with Gasteiger partial charge in [-0.1, -0.05) is 37.3 Å². The Labute approximate surface area is 129 Å². The third-order valence-electron chi connectivity index (χ3n) is 3.40. The molecule has 0 bridgehead atoms. The summed E-state index contributed by atoms with van der Waals surface area (Å²) in [5.41, 5.74) is 2.23. The summed E-state index contributed by atoms with van der Waals surface area (Å²) in [5.74, 6) is 1.99. The predicted molar refractivity (Wildman–Crippen MR) is 84.8 cm³/mol. The maximum Gasteiger partial charge on any atom is 0.247 e. The number of hydrogen-bond donors (Lipinski definition) is 0. The standard InChI is InChI=1S/C18H18N2O2/c1-2-14-8-10-16(11-9-14)21-13-12-17-19-20-18(22-17)15-6-4-3-5-7-15/h3-11H,2,12-13H2,1H3. The molecule has 0 aliphatic carbocycles. The normalized spacial score (nSPS) is 10.6. The summed E-state index contributed by atoms with van der Waals surface area (Å²) in [6.45, 7) is 2.65. The fourth-order valence-corrected chi connectivity index (χ4v) is 2.13. The lowest BCUT2D eigenvalue weighted by Gasteiger charge is -2.05. The summed E-state index contributed by atoms with van der Waals surface area (Å²) in [5, 5.41) is 8.12. The number of aryl methyl sites for hydroxylation is 1. The van der Waals surface area contributed by atoms with Crippen LogP contribution in [0.4, 0.5) is 0 Å². The van der Waals surface area contributed by atoms with Gasteiger partial charge in [0.25, 0.3) is 0 Å². The van der Waals surface area contributed by atoms with Gasteiger partial charge in [-0.2, -0.15) is 0 Å². The first-order valence-electron chi connectivity index (χ1n) is 7.44. The Hall–Kier alpha value is -2.62. The van der Waals surface area contributed by atoms with Gasteiger partial charge in [-0.15, -0.1) is 10.2 Å². The molecule has 0 saturated carbocycles. The van der Waals surface area contributed by atoms with E-state index >= 15 is 0 Å². The molecule has 3 aromatic rings. The van der Waals surface area contributed by atoms with Crippen molar-refractivity contribution in [2.75, 3.05) is 6.61 Å². The molecule has 1 aromatic heterocycles. The van der Waals surface area contributed by atoms with Crippen molar-refractivity contribution in [3.8, 4) is 17.2 Å². The number of benzene rings is 2. The Balaban J connectivity index is 1.54. The van der Waals surface area contributed by atoms with Gasteiger partial charge in [0.15, 0.2) is 0 Å². The van der Waals surface area contributed by atoms with Crippen molar-refractivity contribution in [1.82, 2.24) is 10.2 Å². The van der Waals surface area contributed by atoms with Crippen molar-refractivity contribution in [3.05, 3.63) is 66.1 Å². The Morgan fingerprint density at radius 1 is 0.955 bits per heavy atom. The SMILES string of the molecule is CCc1ccc(OCCc2nnc(-c3ccccc3)o2)cc1. The van der Waals surface area contributed by atoms with Crippen LogP contribution in [0.3, 0.4) is 0 Å². The van der Waals surface area contributed by atoms with Gasteiger partial charge in [0.2, 0.25) is 11.8 Å². The topological polar surface area (TPSA) is 48.2 Å². The van der Waals surface area contributed by atoms with E-state index in [0.29, 0.717) is 24.8 Å². The number of nitrogens with zero attached hydrogens (tertiary/aromatic N) is 2. The first-order chi connectivity index (χ1) is 10.8. The lowest BCUT2D eigenvalue weighted by Crippen LogP contribution is -2.01. The Morgan fingerprint density at radius 3 is 2.45 bits per heavy atom. The van der Waals surface area contributed by atoms with E-state index in [9.17, 15) is 0 Å². The van der Waals surface area contributed by atoms with E-state index in [-0.39, 0.29) is 0 Å². The van der Waals surface area contributed by atoms with E-state index < -0.39 is 0 Å². The van der Waals surface area contributed by atoms with Crippen LogP contribution in [0, 0.1) is 0 Å². The summed E-state index contributed by atoms with van der Waals surface area (Å²) in [7, 11) is 0. The molecule has 3 rings (SSSR count). The summed E-state index contributed by atoms with van der Waals surface area (Å²) < 4.78 is 11.3. The van der Waals surface area contributed by atoms with Crippen molar-refractivity contribution in [2.24, 2.45) is 0 Å². The molecule has 112 valence electrons. The largest absolute Gasteiger partial charge is 0.493 e. The van der Waals surface area contributed by atoms with Crippen LogP contribution < -0.4 is 4.74 Å². The van der Waals surface area contributed by atoms with Gasteiger partial charge in [0.1, 0.15) is 5.75 Å². The minimum absolute atomic E-state index is 0.516. The van der Waals surface area contributed by atoms with Crippen LogP contribution in [0.1, 0.15) is 18.4 Å². The first kappa shape index (κ1) is 14.3. The third-order valence-corrected chi connectivity index (χ3v) is 3.40. The average molecular weight is 294 g/mol. The van der Waals surface area contributed by atoms with Gasteiger partial charge in [-0.3, -0.25) is 0 Å². The summed E-state index contributed by atoms with van der Waals surface area (Å²) in [4.78, 5) is 0. The fourth-order valence-electron chi connectivity index (χ4n) is 2.13. The van der Waals surface area contributed by atoms with Crippen molar-refractivity contribution in [1.29, 1.82) is 0 Å². The number of hydrogen-bond acceptors (Lipinski definition) is 4. The van der Waals surface area contributed by atoms with Crippen molar-refractivity contribution in [3.63, 3.8) is 0 Å². The molecule has 0 unspecified atom stereocenters. The van der Waals surface area contributed by atoms with E-state index in [1.165, 1.54) is 5.56 Å². The second-order valence-corrected chi connectivity index (χ2v) is 4.96. The smallest absolute Gasteiger partial charge is 0.247 e. The van der Waals surface area contributed by atoms with Crippen molar-refractivity contribution in [2.45, 2.75) is 19.8 Å². The highest BCUT2D eigenvalue weighted by Crippen LogP contribution is 2.17. The molecule has 0 N–H and O–H groups in total. The average Bonchev–Trinajstić information content (AvgIpc) is 3.05. The molecular weight excluding hydrogens is 276 g/mol. The molecule has 0 aliphatic rings. The molecule has 0 amide bonds. The third kappa shape index (κ3) is 3.52. The Morgan fingerprint density at radius 2 is 1.73 bits per heavy atom. The highest BCUT2D eigenvalue weighted by molar-refractivity contribution is 5.51. The number of aromatic nitrogens is 2. The number of rotatable bonds is 6. The second-order valence-electron chi connectivity index (χ2n) is 4.96. The predicted octanol–water partition coefficient (Wildman–Crippen LogP) is 3.92. The summed E-state index contributed by atoms with van der Waals surface area (Å²) in [6.07, 6.45) is 1.62. The van der Waals surface area contributed by atoms with E-state index in [4.69, 9.17) is 9.15 Å². The van der Waals surface area contributed by atoms with Gasteiger partial charge in [0, 0.05) is 5.56 Å². The zero-order valence-electron chi connectivity index (χ0n) is 12.5. The fraction of sp³-hybridized carbons (Fsp3) is 0.222. The van der Waals surface area contributed by atoms with Gasteiger partial charge < -0.3 is 9.15 Å². The Bertz CT molecular complexity index is 705. The molecule has 0 aliphatic heterocycles. The maximum absolute atomic E-state index is 5.70. The monoisotopic (exact) mass is 294 g/mol. The van der Waals surface area contributed by atoms with Gasteiger partial charge in [-0.05, 0) is 36.2 Å². The lowest BCUT2D eigenvalue weighted by molar-refractivity contribution is 0.307. The molecule has 0 radical (unpaired) electrons. The quantitative estimate of drug-likeness (QED) is 0.691. The van der Waals surface area contributed by atoms with Crippen LogP contribution in [0.15, 0.2) is 59.0 Å². The first-order valence-corrected chi connectivity index (χ1v) is 7.44. The lowest BCUT2D eigenvalue weighted by atomic mass is 10.2. The highest BCUT2D eigenvalue weighted by Gasteiger charge is 2.08. The molecule has 4 heteroatoms. The zero-order valence-corrected chi connectivity index (χ0v) is 12.5. The number of ether oxygens (including phenoxy) is 1. The van der Waals surface area contributed by atoms with Crippen molar-refractivity contribution < 1.29 is 9.15 Å². The summed E-state index contributed by atoms with van der Waals surface area (Å²) >= 11 is 0. The molecule has 0 saturated heterocycles. The van der Waals surface area contributed by atoms with Crippen LogP contribution in [0.5, 0.6) is 5.75 Å². The van der Waals surface area contributed by atoms with Gasteiger partial charge in [-0.25, -0.2) is 0 Å². The minimum atomic E-state index is 0.516. The second kappa shape index (κ2) is 6.89. The molecule has 0 spiro atoms. The molecular formula is C18H18N2O2. The van der Waals surface area contributed by atoms with E-state index in [2.05, 4.69) is 29.3 Å². The minimum Gasteiger partial charge on any atom is -0.493 e. The zero-order chi connectivity index (χ0) is 15.2. The van der Waals surface area contributed by atoms with E-state index in [0.717, 1.165) is 17.7 Å². The molecule has 0 atom stereocenters. The van der Waals surface area contributed by atoms with Crippen LogP contribution >= 0.6 is 0 Å². The maximum atomic E-state index is 5.70. The highest BCUT2D eigenvalue weighted by atomic mass is 16.5. The van der Waals surface area contributed by atoms with Crippen LogP contribution in [-0.4, -0.2) is 16.8 Å². The van der Waals surface area contributed by atoms with Crippen LogP contribution in [0.25, 0.3) is 11.5 Å².